The van der Waals surface area contributed by atoms with E-state index in [1.165, 1.54) is 0 Å². The van der Waals surface area contributed by atoms with Crippen molar-refractivity contribution in [2.75, 3.05) is 25.0 Å². The zero-order valence-corrected chi connectivity index (χ0v) is 22.4. The molecule has 1 fully saturated rings. The summed E-state index contributed by atoms with van der Waals surface area (Å²) in [5.74, 6) is 0.832. The molecule has 8 nitrogen and oxygen atoms in total. The highest BCUT2D eigenvalue weighted by atomic mass is 127. The maximum atomic E-state index is 12.1. The molecule has 32 heavy (non-hydrogen) atoms. The van der Waals surface area contributed by atoms with Crippen LogP contribution in [0.4, 0.5) is 10.5 Å². The molecule has 0 aromatic heterocycles. The minimum atomic E-state index is -0.540. The van der Waals surface area contributed by atoms with Gasteiger partial charge in [0.15, 0.2) is 5.96 Å². The summed E-state index contributed by atoms with van der Waals surface area (Å²) in [4.78, 5) is 30.2. The highest BCUT2D eigenvalue weighted by Gasteiger charge is 2.25. The molecule has 9 heteroatoms. The molecule has 1 saturated heterocycles. The number of rotatable bonds is 6. The molecule has 0 unspecified atom stereocenters. The Hall–Kier alpha value is -2.04. The quantitative estimate of drug-likeness (QED) is 0.280. The van der Waals surface area contributed by atoms with Gasteiger partial charge in [0.05, 0.1) is 5.54 Å². The summed E-state index contributed by atoms with van der Waals surface area (Å²) in [5, 5.41) is 9.37. The van der Waals surface area contributed by atoms with Gasteiger partial charge in [-0.2, -0.15) is 0 Å². The lowest BCUT2D eigenvalue weighted by molar-refractivity contribution is -0.119. The van der Waals surface area contributed by atoms with Crippen LogP contribution in [0.3, 0.4) is 0 Å². The van der Waals surface area contributed by atoms with E-state index in [4.69, 9.17) is 4.74 Å². The monoisotopic (exact) mass is 559 g/mol. The van der Waals surface area contributed by atoms with Crippen molar-refractivity contribution in [1.82, 2.24) is 16.0 Å². The summed E-state index contributed by atoms with van der Waals surface area (Å²) in [6, 6.07) is 8.02. The number of carbonyl (C=O) groups excluding carboxylic acids is 2. The predicted molar refractivity (Wildman–Crippen MR) is 140 cm³/mol. The minimum absolute atomic E-state index is 0. The second kappa shape index (κ2) is 12.3. The lowest BCUT2D eigenvalue weighted by Crippen LogP contribution is -2.54. The summed E-state index contributed by atoms with van der Waals surface area (Å²) in [7, 11) is 1.70. The number of alkyl carbamates (subject to hydrolysis) is 1. The van der Waals surface area contributed by atoms with Crippen molar-refractivity contribution in [1.29, 1.82) is 0 Å². The molecule has 180 valence electrons. The summed E-state index contributed by atoms with van der Waals surface area (Å²) in [6.07, 6.45) is 2.21. The number of piperidine rings is 1. The van der Waals surface area contributed by atoms with E-state index in [1.807, 2.05) is 63.8 Å². The molecular weight excluding hydrogens is 521 g/mol. The van der Waals surface area contributed by atoms with Gasteiger partial charge in [0, 0.05) is 38.8 Å². The topological polar surface area (TPSA) is 95.1 Å². The summed E-state index contributed by atoms with van der Waals surface area (Å²) < 4.78 is 5.32. The molecule has 2 rings (SSSR count). The van der Waals surface area contributed by atoms with Crippen LogP contribution in [0.15, 0.2) is 29.3 Å². The Morgan fingerprint density at radius 3 is 2.31 bits per heavy atom. The first-order valence-corrected chi connectivity index (χ1v) is 10.8. The fourth-order valence-corrected chi connectivity index (χ4v) is 3.21. The number of anilines is 1. The van der Waals surface area contributed by atoms with Crippen LogP contribution < -0.4 is 20.9 Å². The molecule has 1 aliphatic rings. The Bertz CT molecular complexity index is 788. The number of hydrogen-bond acceptors (Lipinski definition) is 4. The largest absolute Gasteiger partial charge is 0.444 e. The second-order valence-electron chi connectivity index (χ2n) is 9.46. The zero-order valence-electron chi connectivity index (χ0n) is 20.1. The van der Waals surface area contributed by atoms with E-state index >= 15 is 0 Å². The molecule has 1 aromatic rings. The number of aliphatic imine (C=N–C) groups is 1. The van der Waals surface area contributed by atoms with Gasteiger partial charge in [0.25, 0.3) is 0 Å². The number of nitrogens with one attached hydrogen (secondary N) is 3. The van der Waals surface area contributed by atoms with Crippen molar-refractivity contribution in [3.8, 4) is 0 Å². The minimum Gasteiger partial charge on any atom is -0.444 e. The standard InChI is InChI=1S/C23H37N5O3.HI/c1-22(2,3)31-21(30)27-23(4,5)16-26-20(24-6)25-15-17-10-12-18(13-11-17)28-14-8-7-9-19(28)29;/h10-13H,7-9,14-16H2,1-6H3,(H,27,30)(H2,24,25,26);1H. The Labute approximate surface area is 209 Å². The molecule has 0 radical (unpaired) electrons. The number of benzene rings is 1. The number of guanidine groups is 1. The van der Waals surface area contributed by atoms with E-state index in [9.17, 15) is 9.59 Å². The Morgan fingerprint density at radius 1 is 1.09 bits per heavy atom. The number of carbonyl (C=O) groups is 2. The third-order valence-corrected chi connectivity index (χ3v) is 4.79. The van der Waals surface area contributed by atoms with E-state index in [-0.39, 0.29) is 29.9 Å². The van der Waals surface area contributed by atoms with Gasteiger partial charge in [-0.1, -0.05) is 12.1 Å². The van der Waals surface area contributed by atoms with Crippen LogP contribution in [0.5, 0.6) is 0 Å². The molecular formula is C23H38IN5O3. The molecule has 1 heterocycles. The average Bonchev–Trinajstić information content (AvgIpc) is 2.67. The van der Waals surface area contributed by atoms with Gasteiger partial charge in [-0.3, -0.25) is 9.79 Å². The van der Waals surface area contributed by atoms with E-state index < -0.39 is 17.2 Å². The molecule has 0 spiro atoms. The number of amides is 2. The maximum absolute atomic E-state index is 12.1. The predicted octanol–water partition coefficient (Wildman–Crippen LogP) is 3.79. The van der Waals surface area contributed by atoms with Gasteiger partial charge >= 0.3 is 6.09 Å². The number of halogens is 1. The van der Waals surface area contributed by atoms with E-state index in [2.05, 4.69) is 20.9 Å². The smallest absolute Gasteiger partial charge is 0.408 e. The Morgan fingerprint density at radius 2 is 1.75 bits per heavy atom. The average molecular weight is 559 g/mol. The molecule has 1 aliphatic heterocycles. The van der Waals surface area contributed by atoms with Crippen LogP contribution in [0.2, 0.25) is 0 Å². The van der Waals surface area contributed by atoms with Crippen LogP contribution in [-0.4, -0.2) is 49.2 Å². The van der Waals surface area contributed by atoms with E-state index in [0.717, 1.165) is 30.6 Å². The first-order chi connectivity index (χ1) is 14.5. The lowest BCUT2D eigenvalue weighted by atomic mass is 10.1. The van der Waals surface area contributed by atoms with Crippen LogP contribution in [0.25, 0.3) is 0 Å². The number of ether oxygens (including phenoxy) is 1. The van der Waals surface area contributed by atoms with Gasteiger partial charge < -0.3 is 25.6 Å². The SMILES string of the molecule is CN=C(NCc1ccc(N2CCCCC2=O)cc1)NCC(C)(C)NC(=O)OC(C)(C)C.I. The molecule has 0 bridgehead atoms. The Kier molecular flexibility index (Phi) is 10.7. The fraction of sp³-hybridized carbons (Fsp3) is 0.609. The second-order valence-corrected chi connectivity index (χ2v) is 9.46. The third kappa shape index (κ3) is 9.62. The van der Waals surface area contributed by atoms with Gasteiger partial charge in [-0.15, -0.1) is 24.0 Å². The van der Waals surface area contributed by atoms with E-state index in [1.54, 1.807) is 7.05 Å². The van der Waals surface area contributed by atoms with Crippen LogP contribution in [-0.2, 0) is 16.1 Å². The molecule has 0 saturated carbocycles. The first-order valence-electron chi connectivity index (χ1n) is 10.8. The van der Waals surface area contributed by atoms with Crippen molar-refractivity contribution in [2.45, 2.75) is 71.6 Å². The number of hydrogen-bond donors (Lipinski definition) is 3. The van der Waals surface area contributed by atoms with Gasteiger partial charge in [-0.25, -0.2) is 4.79 Å². The van der Waals surface area contributed by atoms with Gasteiger partial charge in [0.1, 0.15) is 5.60 Å². The summed E-state index contributed by atoms with van der Waals surface area (Å²) in [6.45, 7) is 11.2. The highest BCUT2D eigenvalue weighted by molar-refractivity contribution is 14.0. The van der Waals surface area contributed by atoms with Gasteiger partial charge in [-0.05, 0) is 65.2 Å². The van der Waals surface area contributed by atoms with Gasteiger partial charge in [0.2, 0.25) is 5.91 Å². The first kappa shape index (κ1) is 28.0. The summed E-state index contributed by atoms with van der Waals surface area (Å²) in [5.41, 5.74) is 0.971. The van der Waals surface area contributed by atoms with Crippen molar-refractivity contribution in [3.05, 3.63) is 29.8 Å². The van der Waals surface area contributed by atoms with Crippen molar-refractivity contribution in [3.63, 3.8) is 0 Å². The zero-order chi connectivity index (χ0) is 23.1. The molecule has 0 atom stereocenters. The maximum Gasteiger partial charge on any atom is 0.408 e. The third-order valence-electron chi connectivity index (χ3n) is 4.79. The fourth-order valence-electron chi connectivity index (χ4n) is 3.21. The van der Waals surface area contributed by atoms with Crippen LogP contribution >= 0.6 is 24.0 Å². The van der Waals surface area contributed by atoms with Crippen molar-refractivity contribution >= 4 is 47.6 Å². The molecule has 2 amide bonds. The highest BCUT2D eigenvalue weighted by Crippen LogP contribution is 2.21. The van der Waals surface area contributed by atoms with Crippen molar-refractivity contribution in [2.24, 2.45) is 4.99 Å². The summed E-state index contributed by atoms with van der Waals surface area (Å²) >= 11 is 0. The number of nitrogens with zero attached hydrogens (tertiary/aromatic N) is 2. The Balaban J connectivity index is 0.00000512. The molecule has 3 N–H and O–H groups in total. The van der Waals surface area contributed by atoms with Crippen molar-refractivity contribution < 1.29 is 14.3 Å². The molecule has 1 aromatic carbocycles. The van der Waals surface area contributed by atoms with Crippen LogP contribution in [0.1, 0.15) is 59.4 Å². The lowest BCUT2D eigenvalue weighted by Gasteiger charge is -2.29. The normalized spacial score (nSPS) is 15.0. The van der Waals surface area contributed by atoms with Crippen LogP contribution in [0, 0.1) is 0 Å². The van der Waals surface area contributed by atoms with E-state index in [0.29, 0.717) is 25.5 Å². The molecule has 0 aliphatic carbocycles.